The fourth-order valence-electron chi connectivity index (χ4n) is 3.89. The summed E-state index contributed by atoms with van der Waals surface area (Å²) in [5.74, 6) is -1.27. The van der Waals surface area contributed by atoms with E-state index >= 15 is 0 Å². The van der Waals surface area contributed by atoms with Gasteiger partial charge in [-0.3, -0.25) is 4.79 Å². The van der Waals surface area contributed by atoms with Crippen LogP contribution in [0.2, 0.25) is 5.02 Å². The average Bonchev–Trinajstić information content (AvgIpc) is 2.72. The molecule has 2 atom stereocenters. The number of nitrogens with zero attached hydrogens (tertiary/aromatic N) is 1. The number of rotatable bonds is 6. The molecule has 1 fully saturated rings. The summed E-state index contributed by atoms with van der Waals surface area (Å²) in [6.45, 7) is -0.183. The van der Waals surface area contributed by atoms with E-state index < -0.39 is 39.6 Å². The van der Waals surface area contributed by atoms with Crippen molar-refractivity contribution < 1.29 is 26.4 Å². The molecule has 31 heavy (non-hydrogen) atoms. The number of nitrogens with two attached hydrogens (primary N) is 1. The number of halogens is 4. The number of carbonyl (C=O) groups excluding carboxylic acids is 1. The lowest BCUT2D eigenvalue weighted by atomic mass is 9.84. The van der Waals surface area contributed by atoms with Crippen LogP contribution in [0.3, 0.4) is 0 Å². The van der Waals surface area contributed by atoms with Crippen LogP contribution in [0.1, 0.15) is 36.8 Å². The summed E-state index contributed by atoms with van der Waals surface area (Å²) in [5, 5.41) is 0.362. The highest BCUT2D eigenvalue weighted by Crippen LogP contribution is 2.34. The van der Waals surface area contributed by atoms with Crippen molar-refractivity contribution >= 4 is 27.5 Å². The SMILES string of the molecule is NC(=O)C1CCCCC1N(Cc1ccc(C(F)(F)F)cc1)S(=O)(=O)c1ccc(Cl)cc1. The van der Waals surface area contributed by atoms with Crippen LogP contribution in [-0.2, 0) is 27.5 Å². The minimum atomic E-state index is -4.49. The topological polar surface area (TPSA) is 80.5 Å². The molecule has 10 heteroatoms. The second-order valence-corrected chi connectivity index (χ2v) is 9.89. The largest absolute Gasteiger partial charge is 0.416 e. The molecule has 1 saturated carbocycles. The number of benzene rings is 2. The van der Waals surface area contributed by atoms with Crippen molar-refractivity contribution in [2.24, 2.45) is 11.7 Å². The van der Waals surface area contributed by atoms with Crippen LogP contribution in [0.25, 0.3) is 0 Å². The standard InChI is InChI=1S/C21H22ClF3N2O3S/c22-16-9-11-17(12-10-16)31(29,30)27(19-4-2-1-3-18(19)20(26)28)13-14-5-7-15(8-6-14)21(23,24)25/h5-12,18-19H,1-4,13H2,(H2,26,28). The Bertz CT molecular complexity index is 1030. The summed E-state index contributed by atoms with van der Waals surface area (Å²) in [7, 11) is -4.08. The van der Waals surface area contributed by atoms with E-state index in [0.717, 1.165) is 18.6 Å². The molecule has 1 aliphatic carbocycles. The van der Waals surface area contributed by atoms with Gasteiger partial charge in [0.15, 0.2) is 0 Å². The number of hydrogen-bond acceptors (Lipinski definition) is 3. The smallest absolute Gasteiger partial charge is 0.369 e. The van der Waals surface area contributed by atoms with Gasteiger partial charge in [-0.15, -0.1) is 0 Å². The van der Waals surface area contributed by atoms with Gasteiger partial charge in [0.2, 0.25) is 15.9 Å². The van der Waals surface area contributed by atoms with Crippen LogP contribution in [0.4, 0.5) is 13.2 Å². The van der Waals surface area contributed by atoms with Crippen LogP contribution >= 0.6 is 11.6 Å². The first kappa shape index (κ1) is 23.6. The Morgan fingerprint density at radius 2 is 1.61 bits per heavy atom. The molecule has 2 unspecified atom stereocenters. The summed E-state index contributed by atoms with van der Waals surface area (Å²) in [5.41, 5.74) is 5.11. The van der Waals surface area contributed by atoms with Gasteiger partial charge in [-0.2, -0.15) is 17.5 Å². The second kappa shape index (κ2) is 9.18. The highest BCUT2D eigenvalue weighted by atomic mass is 35.5. The van der Waals surface area contributed by atoms with E-state index in [2.05, 4.69) is 0 Å². The summed E-state index contributed by atoms with van der Waals surface area (Å²) in [6.07, 6.45) is -2.14. The minimum absolute atomic E-state index is 0.0161. The lowest BCUT2D eigenvalue weighted by Gasteiger charge is -2.38. The van der Waals surface area contributed by atoms with E-state index in [1.165, 1.54) is 40.7 Å². The molecule has 1 aliphatic rings. The zero-order chi connectivity index (χ0) is 22.8. The van der Waals surface area contributed by atoms with Crippen LogP contribution in [0.15, 0.2) is 53.4 Å². The van der Waals surface area contributed by atoms with Crippen LogP contribution < -0.4 is 5.73 Å². The van der Waals surface area contributed by atoms with E-state index in [1.54, 1.807) is 0 Å². The number of sulfonamides is 1. The van der Waals surface area contributed by atoms with Gasteiger partial charge in [-0.05, 0) is 54.8 Å². The van der Waals surface area contributed by atoms with Crippen molar-refractivity contribution in [3.8, 4) is 0 Å². The van der Waals surface area contributed by atoms with E-state index in [9.17, 15) is 26.4 Å². The van der Waals surface area contributed by atoms with Crippen LogP contribution in [-0.4, -0.2) is 24.7 Å². The third kappa shape index (κ3) is 5.39. The molecule has 2 N–H and O–H groups in total. The Hall–Kier alpha value is -2.10. The minimum Gasteiger partial charge on any atom is -0.369 e. The summed E-state index contributed by atoms with van der Waals surface area (Å²) >= 11 is 5.87. The summed E-state index contributed by atoms with van der Waals surface area (Å²) < 4.78 is 66.8. The van der Waals surface area contributed by atoms with Crippen molar-refractivity contribution in [2.75, 3.05) is 0 Å². The van der Waals surface area contributed by atoms with Crippen molar-refractivity contribution in [1.82, 2.24) is 4.31 Å². The Morgan fingerprint density at radius 3 is 2.16 bits per heavy atom. The van der Waals surface area contributed by atoms with Gasteiger partial charge in [0.1, 0.15) is 0 Å². The molecule has 0 spiro atoms. The number of hydrogen-bond donors (Lipinski definition) is 1. The third-order valence-electron chi connectivity index (χ3n) is 5.50. The zero-order valence-corrected chi connectivity index (χ0v) is 18.1. The number of amides is 1. The Labute approximate surface area is 184 Å². The van der Waals surface area contributed by atoms with Gasteiger partial charge in [-0.25, -0.2) is 8.42 Å². The lowest BCUT2D eigenvalue weighted by Crippen LogP contribution is -2.49. The molecule has 3 rings (SSSR count). The molecular formula is C21H22ClF3N2O3S. The quantitative estimate of drug-likeness (QED) is 0.664. The molecule has 0 radical (unpaired) electrons. The third-order valence-corrected chi connectivity index (χ3v) is 7.64. The predicted octanol–water partition coefficient (Wildman–Crippen LogP) is 4.59. The first-order valence-corrected chi connectivity index (χ1v) is 11.5. The molecule has 0 aliphatic heterocycles. The van der Waals surface area contributed by atoms with Crippen molar-refractivity contribution in [3.63, 3.8) is 0 Å². The van der Waals surface area contributed by atoms with Gasteiger partial charge >= 0.3 is 6.18 Å². The molecule has 0 bridgehead atoms. The molecule has 5 nitrogen and oxygen atoms in total. The molecule has 2 aromatic carbocycles. The molecule has 1 amide bonds. The van der Waals surface area contributed by atoms with Gasteiger partial charge in [-0.1, -0.05) is 36.6 Å². The molecule has 0 saturated heterocycles. The lowest BCUT2D eigenvalue weighted by molar-refractivity contribution is -0.137. The molecule has 2 aromatic rings. The van der Waals surface area contributed by atoms with Crippen molar-refractivity contribution in [3.05, 3.63) is 64.7 Å². The number of alkyl halides is 3. The van der Waals surface area contributed by atoms with Crippen LogP contribution in [0.5, 0.6) is 0 Å². The van der Waals surface area contributed by atoms with E-state index in [-0.39, 0.29) is 11.4 Å². The fourth-order valence-corrected chi connectivity index (χ4v) is 5.69. The first-order valence-electron chi connectivity index (χ1n) is 9.73. The Balaban J connectivity index is 2.01. The maximum absolute atomic E-state index is 13.5. The number of carbonyl (C=O) groups is 1. The van der Waals surface area contributed by atoms with Gasteiger partial charge < -0.3 is 5.73 Å². The average molecular weight is 475 g/mol. The van der Waals surface area contributed by atoms with Crippen molar-refractivity contribution in [2.45, 2.75) is 49.3 Å². The highest BCUT2D eigenvalue weighted by molar-refractivity contribution is 7.89. The maximum Gasteiger partial charge on any atom is 0.416 e. The Kier molecular flexibility index (Phi) is 6.98. The van der Waals surface area contributed by atoms with Crippen molar-refractivity contribution in [1.29, 1.82) is 0 Å². The molecule has 168 valence electrons. The molecule has 0 heterocycles. The summed E-state index contributed by atoms with van der Waals surface area (Å²) in [6, 6.07) is 9.23. The van der Waals surface area contributed by atoms with Gasteiger partial charge in [0.25, 0.3) is 0 Å². The monoisotopic (exact) mass is 474 g/mol. The van der Waals surface area contributed by atoms with Gasteiger partial charge in [0, 0.05) is 17.6 Å². The van der Waals surface area contributed by atoms with E-state index in [4.69, 9.17) is 17.3 Å². The van der Waals surface area contributed by atoms with E-state index in [1.807, 2.05) is 0 Å². The molecular weight excluding hydrogens is 453 g/mol. The molecule has 0 aromatic heterocycles. The maximum atomic E-state index is 13.5. The summed E-state index contributed by atoms with van der Waals surface area (Å²) in [4.78, 5) is 12.0. The van der Waals surface area contributed by atoms with Gasteiger partial charge in [0.05, 0.1) is 16.4 Å². The fraction of sp³-hybridized carbons (Fsp3) is 0.381. The predicted molar refractivity (Wildman–Crippen MR) is 111 cm³/mol. The highest BCUT2D eigenvalue weighted by Gasteiger charge is 2.40. The Morgan fingerprint density at radius 1 is 1.03 bits per heavy atom. The normalized spacial score (nSPS) is 20.0. The number of primary amides is 1. The van der Waals surface area contributed by atoms with E-state index in [0.29, 0.717) is 29.8 Å². The van der Waals surface area contributed by atoms with Crippen LogP contribution in [0, 0.1) is 5.92 Å². The zero-order valence-electron chi connectivity index (χ0n) is 16.5. The second-order valence-electron chi connectivity index (χ2n) is 7.56. The first-order chi connectivity index (χ1) is 14.5.